The van der Waals surface area contributed by atoms with Crippen LogP contribution in [0, 0.1) is 11.8 Å². The van der Waals surface area contributed by atoms with Crippen molar-refractivity contribution in [2.45, 2.75) is 52.0 Å². The fourth-order valence-electron chi connectivity index (χ4n) is 5.02. The number of carbonyl (C=O) groups excluding carboxylic acids is 1. The molecule has 1 N–H and O–H groups in total. The van der Waals surface area contributed by atoms with Crippen LogP contribution in [0.5, 0.6) is 0 Å². The molecule has 6 nitrogen and oxygen atoms in total. The molecule has 2 unspecified atom stereocenters. The lowest BCUT2D eigenvalue weighted by Crippen LogP contribution is -2.49. The molecule has 0 bridgehead atoms. The molecule has 2 aliphatic heterocycles. The number of carbonyl (C=O) groups is 1. The first-order valence-corrected chi connectivity index (χ1v) is 12.4. The van der Waals surface area contributed by atoms with Gasteiger partial charge in [-0.05, 0) is 49.8 Å². The van der Waals surface area contributed by atoms with Gasteiger partial charge < -0.3 is 14.7 Å². The van der Waals surface area contributed by atoms with Crippen molar-refractivity contribution in [1.29, 1.82) is 0 Å². The van der Waals surface area contributed by atoms with E-state index in [9.17, 15) is 4.79 Å². The summed E-state index contributed by atoms with van der Waals surface area (Å²) in [5, 5.41) is 7.82. The van der Waals surface area contributed by atoms with Crippen LogP contribution in [0.25, 0.3) is 0 Å². The molecule has 2 saturated heterocycles. The molecule has 0 aliphatic carbocycles. The Morgan fingerprint density at radius 3 is 2.75 bits per heavy atom. The highest BCUT2D eigenvalue weighted by atomic mass is 16.5. The van der Waals surface area contributed by atoms with Gasteiger partial charge in [0.2, 0.25) is 5.91 Å². The molecule has 0 saturated carbocycles. The zero-order chi connectivity index (χ0) is 22.2. The van der Waals surface area contributed by atoms with Crippen molar-refractivity contribution < 1.29 is 9.32 Å². The van der Waals surface area contributed by atoms with Crippen LogP contribution >= 0.6 is 0 Å². The van der Waals surface area contributed by atoms with Gasteiger partial charge in [0.05, 0.1) is 5.69 Å². The van der Waals surface area contributed by atoms with E-state index in [0.29, 0.717) is 24.2 Å². The number of nitrogens with zero attached hydrogens (tertiary/aromatic N) is 3. The lowest BCUT2D eigenvalue weighted by atomic mass is 9.81. The van der Waals surface area contributed by atoms with Gasteiger partial charge in [-0.3, -0.25) is 9.69 Å². The summed E-state index contributed by atoms with van der Waals surface area (Å²) in [6, 6.07) is 12.7. The first-order chi connectivity index (χ1) is 15.7. The molecular formula is C26H38N4O2. The fraction of sp³-hybridized carbons (Fsp3) is 0.615. The van der Waals surface area contributed by atoms with Crippen molar-refractivity contribution in [3.8, 4) is 0 Å². The highest BCUT2D eigenvalue weighted by Crippen LogP contribution is 2.27. The summed E-state index contributed by atoms with van der Waals surface area (Å²) in [6.45, 7) is 8.70. The van der Waals surface area contributed by atoms with Crippen molar-refractivity contribution in [2.75, 3.05) is 39.3 Å². The predicted molar refractivity (Wildman–Crippen MR) is 126 cm³/mol. The summed E-state index contributed by atoms with van der Waals surface area (Å²) < 4.78 is 5.52. The van der Waals surface area contributed by atoms with Gasteiger partial charge in [-0.2, -0.15) is 0 Å². The van der Waals surface area contributed by atoms with Crippen molar-refractivity contribution in [3.63, 3.8) is 0 Å². The van der Waals surface area contributed by atoms with Crippen LogP contribution in [-0.2, 0) is 24.2 Å². The van der Waals surface area contributed by atoms with Crippen molar-refractivity contribution in [1.82, 2.24) is 20.3 Å². The van der Waals surface area contributed by atoms with Gasteiger partial charge in [-0.25, -0.2) is 0 Å². The van der Waals surface area contributed by atoms with Crippen LogP contribution < -0.4 is 5.32 Å². The van der Waals surface area contributed by atoms with E-state index in [1.54, 1.807) is 0 Å². The van der Waals surface area contributed by atoms with Crippen LogP contribution in [-0.4, -0.2) is 60.1 Å². The lowest BCUT2D eigenvalue weighted by molar-refractivity contribution is -0.134. The average molecular weight is 439 g/mol. The minimum absolute atomic E-state index is 0.324. The molecule has 0 spiro atoms. The second-order valence-electron chi connectivity index (χ2n) is 9.45. The molecule has 1 aromatic heterocycles. The second-order valence-corrected chi connectivity index (χ2v) is 9.45. The number of rotatable bonds is 9. The Balaban J connectivity index is 1.25. The minimum atomic E-state index is 0.324. The number of hydrogen-bond acceptors (Lipinski definition) is 5. The molecule has 1 amide bonds. The highest BCUT2D eigenvalue weighted by Gasteiger charge is 2.30. The average Bonchev–Trinajstić information content (AvgIpc) is 3.27. The molecule has 3 heterocycles. The molecule has 174 valence electrons. The number of aromatic nitrogens is 1. The van der Waals surface area contributed by atoms with Gasteiger partial charge in [0.1, 0.15) is 5.76 Å². The third-order valence-corrected chi connectivity index (χ3v) is 7.03. The molecule has 1 aromatic carbocycles. The molecular weight excluding hydrogens is 400 g/mol. The maximum Gasteiger partial charge on any atom is 0.222 e. The smallest absolute Gasteiger partial charge is 0.222 e. The van der Waals surface area contributed by atoms with E-state index < -0.39 is 0 Å². The Labute approximate surface area is 192 Å². The molecule has 2 aromatic rings. The SMILES string of the molecule is CCCCc1cc(CC2CNCCC2CC(=O)N2CCN(Cc3ccccc3)CC2)no1. The maximum absolute atomic E-state index is 13.1. The van der Waals surface area contributed by atoms with E-state index in [4.69, 9.17) is 4.52 Å². The highest BCUT2D eigenvalue weighted by molar-refractivity contribution is 5.76. The van der Waals surface area contributed by atoms with Crippen molar-refractivity contribution >= 4 is 5.91 Å². The topological polar surface area (TPSA) is 61.6 Å². The number of hydrogen-bond donors (Lipinski definition) is 1. The number of amides is 1. The van der Waals surface area contributed by atoms with Crippen molar-refractivity contribution in [3.05, 3.63) is 53.4 Å². The number of nitrogens with one attached hydrogen (secondary N) is 1. The molecule has 32 heavy (non-hydrogen) atoms. The standard InChI is InChI=1S/C26H38N4O2/c1-2-3-9-25-18-24(28-32-25)16-23-19-27-11-10-22(23)17-26(31)30-14-12-29(13-15-30)20-21-7-5-4-6-8-21/h4-8,18,22-23,27H,2-3,9-17,19-20H2,1H3. The number of unbranched alkanes of at least 4 members (excludes halogenated alkanes) is 1. The normalized spacial score (nSPS) is 22.2. The summed E-state index contributed by atoms with van der Waals surface area (Å²) in [5.41, 5.74) is 2.38. The number of piperazine rings is 1. The molecule has 6 heteroatoms. The summed E-state index contributed by atoms with van der Waals surface area (Å²) in [6.07, 6.45) is 5.87. The fourth-order valence-corrected chi connectivity index (χ4v) is 5.02. The summed E-state index contributed by atoms with van der Waals surface area (Å²) >= 11 is 0. The van der Waals surface area contributed by atoms with Gasteiger partial charge in [-0.1, -0.05) is 48.8 Å². The van der Waals surface area contributed by atoms with E-state index in [-0.39, 0.29) is 0 Å². The molecule has 2 fully saturated rings. The van der Waals surface area contributed by atoms with Gasteiger partial charge in [0.25, 0.3) is 0 Å². The first kappa shape index (κ1) is 23.0. The van der Waals surface area contributed by atoms with E-state index in [1.165, 1.54) is 5.56 Å². The number of piperidine rings is 1. The van der Waals surface area contributed by atoms with Crippen LogP contribution in [0.1, 0.15) is 49.6 Å². The van der Waals surface area contributed by atoms with E-state index in [2.05, 4.69) is 63.6 Å². The van der Waals surface area contributed by atoms with Crippen LogP contribution in [0.2, 0.25) is 0 Å². The van der Waals surface area contributed by atoms with Crippen LogP contribution in [0.4, 0.5) is 0 Å². The van der Waals surface area contributed by atoms with E-state index in [1.807, 2.05) is 0 Å². The molecule has 4 rings (SSSR count). The van der Waals surface area contributed by atoms with Gasteiger partial charge in [0, 0.05) is 51.6 Å². The van der Waals surface area contributed by atoms with E-state index >= 15 is 0 Å². The summed E-state index contributed by atoms with van der Waals surface area (Å²) in [7, 11) is 0. The monoisotopic (exact) mass is 438 g/mol. The van der Waals surface area contributed by atoms with Crippen molar-refractivity contribution in [2.24, 2.45) is 11.8 Å². The van der Waals surface area contributed by atoms with Crippen LogP contribution in [0.3, 0.4) is 0 Å². The summed E-state index contributed by atoms with van der Waals surface area (Å²) in [5.74, 6) is 2.18. The third kappa shape index (κ3) is 6.42. The van der Waals surface area contributed by atoms with Gasteiger partial charge in [0.15, 0.2) is 0 Å². The Kier molecular flexibility index (Phi) is 8.35. The minimum Gasteiger partial charge on any atom is -0.361 e. The Hall–Kier alpha value is -2.18. The maximum atomic E-state index is 13.1. The first-order valence-electron chi connectivity index (χ1n) is 12.4. The van der Waals surface area contributed by atoms with Crippen LogP contribution in [0.15, 0.2) is 40.9 Å². The molecule has 2 atom stereocenters. The summed E-state index contributed by atoms with van der Waals surface area (Å²) in [4.78, 5) is 17.6. The Morgan fingerprint density at radius 2 is 1.97 bits per heavy atom. The number of benzene rings is 1. The van der Waals surface area contributed by atoms with Gasteiger partial charge >= 0.3 is 0 Å². The zero-order valence-electron chi connectivity index (χ0n) is 19.5. The second kappa shape index (κ2) is 11.6. The third-order valence-electron chi connectivity index (χ3n) is 7.03. The van der Waals surface area contributed by atoms with E-state index in [0.717, 1.165) is 89.4 Å². The lowest BCUT2D eigenvalue weighted by Gasteiger charge is -2.37. The quantitative estimate of drug-likeness (QED) is 0.649. The zero-order valence-corrected chi connectivity index (χ0v) is 19.5. The molecule has 2 aliphatic rings. The Bertz CT molecular complexity index is 829. The van der Waals surface area contributed by atoms with Gasteiger partial charge in [-0.15, -0.1) is 0 Å². The Morgan fingerprint density at radius 1 is 1.16 bits per heavy atom. The largest absolute Gasteiger partial charge is 0.361 e. The number of aryl methyl sites for hydroxylation is 1. The molecule has 0 radical (unpaired) electrons. The predicted octanol–water partition coefficient (Wildman–Crippen LogP) is 3.52.